The summed E-state index contributed by atoms with van der Waals surface area (Å²) in [5, 5.41) is 6.98. The van der Waals surface area contributed by atoms with E-state index in [1.54, 1.807) is 18.2 Å². The maximum absolute atomic E-state index is 12.0. The quantitative estimate of drug-likeness (QED) is 0.550. The predicted molar refractivity (Wildman–Crippen MR) is 95.4 cm³/mol. The van der Waals surface area contributed by atoms with E-state index in [1.807, 2.05) is 19.0 Å². The molecule has 140 valence electrons. The average molecular weight is 381 g/mol. The van der Waals surface area contributed by atoms with Crippen molar-refractivity contribution in [1.29, 1.82) is 0 Å². The van der Waals surface area contributed by atoms with Crippen molar-refractivity contribution in [2.45, 2.75) is 12.8 Å². The van der Waals surface area contributed by atoms with E-state index in [1.165, 1.54) is 7.11 Å². The summed E-state index contributed by atoms with van der Waals surface area (Å²) in [5.74, 6) is -0.691. The number of carbonyl (C=O) groups is 2. The monoisotopic (exact) mass is 380 g/mol. The minimum absolute atomic E-state index is 0.106. The molecule has 0 aliphatic heterocycles. The molecule has 0 aliphatic carbocycles. The molecule has 0 spiro atoms. The summed E-state index contributed by atoms with van der Waals surface area (Å²) >= 11 is 6.15. The minimum atomic E-state index is -0.464. The smallest absolute Gasteiger partial charge is 0.337 e. The van der Waals surface area contributed by atoms with Gasteiger partial charge < -0.3 is 19.5 Å². The number of benzene rings is 1. The van der Waals surface area contributed by atoms with E-state index >= 15 is 0 Å². The van der Waals surface area contributed by atoms with Crippen molar-refractivity contribution >= 4 is 23.5 Å². The van der Waals surface area contributed by atoms with E-state index in [9.17, 15) is 9.59 Å². The van der Waals surface area contributed by atoms with Crippen LogP contribution in [0.15, 0.2) is 22.7 Å². The van der Waals surface area contributed by atoms with Gasteiger partial charge >= 0.3 is 17.8 Å². The third kappa shape index (κ3) is 5.53. The van der Waals surface area contributed by atoms with E-state index in [4.69, 9.17) is 20.9 Å². The molecule has 0 fully saturated rings. The Hall–Kier alpha value is -2.45. The molecule has 0 atom stereocenters. The molecule has 8 nitrogen and oxygen atoms in total. The highest BCUT2D eigenvalue weighted by Gasteiger charge is 2.16. The van der Waals surface area contributed by atoms with Gasteiger partial charge in [-0.1, -0.05) is 16.8 Å². The van der Waals surface area contributed by atoms with Gasteiger partial charge in [0, 0.05) is 18.0 Å². The molecule has 0 saturated carbocycles. The Balaban J connectivity index is 1.99. The second-order valence-electron chi connectivity index (χ2n) is 5.90. The van der Waals surface area contributed by atoms with Gasteiger partial charge in [0.2, 0.25) is 0 Å². The van der Waals surface area contributed by atoms with Crippen LogP contribution in [0, 0.1) is 0 Å². The third-order valence-corrected chi connectivity index (χ3v) is 3.91. The summed E-state index contributed by atoms with van der Waals surface area (Å²) in [6.07, 6.45) is 1.04. The lowest BCUT2D eigenvalue weighted by atomic mass is 10.1. The number of hydrogen-bond acceptors (Lipinski definition) is 7. The van der Waals surface area contributed by atoms with Crippen LogP contribution in [0.25, 0.3) is 0 Å². The highest BCUT2D eigenvalue weighted by Crippen LogP contribution is 2.20. The van der Waals surface area contributed by atoms with E-state index < -0.39 is 11.9 Å². The molecule has 1 heterocycles. The zero-order valence-electron chi connectivity index (χ0n) is 14.9. The zero-order chi connectivity index (χ0) is 19.1. The van der Waals surface area contributed by atoms with Crippen LogP contribution in [0.5, 0.6) is 0 Å². The first-order chi connectivity index (χ1) is 12.4. The molecular weight excluding hydrogens is 360 g/mol. The van der Waals surface area contributed by atoms with Crippen molar-refractivity contribution in [2.24, 2.45) is 0 Å². The molecule has 1 aromatic carbocycles. The fourth-order valence-corrected chi connectivity index (χ4v) is 2.40. The Bertz CT molecular complexity index is 776. The van der Waals surface area contributed by atoms with Gasteiger partial charge in [-0.3, -0.25) is 4.79 Å². The minimum Gasteiger partial charge on any atom is -0.465 e. The average Bonchev–Trinajstić information content (AvgIpc) is 3.08. The SMILES string of the molecule is COC(=O)c1ccc(Cl)c(Cc2noc(C(=O)NCCCN(C)C)n2)c1. The molecule has 0 unspecified atom stereocenters. The molecular formula is C17H21ClN4O4. The van der Waals surface area contributed by atoms with Gasteiger partial charge in [0.15, 0.2) is 5.82 Å². The first kappa shape index (κ1) is 19.9. The molecule has 1 amide bonds. The first-order valence-corrected chi connectivity index (χ1v) is 8.40. The number of halogens is 1. The van der Waals surface area contributed by atoms with Crippen molar-refractivity contribution in [3.63, 3.8) is 0 Å². The Morgan fingerprint density at radius 2 is 2.12 bits per heavy atom. The molecule has 9 heteroatoms. The van der Waals surface area contributed by atoms with Gasteiger partial charge in [-0.15, -0.1) is 0 Å². The second kappa shape index (κ2) is 9.30. The fraction of sp³-hybridized carbons (Fsp3) is 0.412. The van der Waals surface area contributed by atoms with Crippen molar-refractivity contribution < 1.29 is 18.8 Å². The lowest BCUT2D eigenvalue weighted by Crippen LogP contribution is -2.27. The van der Waals surface area contributed by atoms with Gasteiger partial charge in [0.25, 0.3) is 0 Å². The van der Waals surface area contributed by atoms with Crippen molar-refractivity contribution in [3.8, 4) is 0 Å². The maximum Gasteiger partial charge on any atom is 0.337 e. The number of amides is 1. The highest BCUT2D eigenvalue weighted by molar-refractivity contribution is 6.31. The molecule has 0 aliphatic rings. The Labute approximate surface area is 156 Å². The van der Waals surface area contributed by atoms with E-state index in [0.717, 1.165) is 13.0 Å². The van der Waals surface area contributed by atoms with Crippen LogP contribution in [0.1, 0.15) is 38.9 Å². The van der Waals surface area contributed by atoms with Crippen LogP contribution < -0.4 is 5.32 Å². The van der Waals surface area contributed by atoms with Gasteiger partial charge in [-0.2, -0.15) is 4.98 Å². The summed E-state index contributed by atoms with van der Waals surface area (Å²) in [7, 11) is 5.23. The molecule has 0 saturated heterocycles. The zero-order valence-corrected chi connectivity index (χ0v) is 15.7. The summed E-state index contributed by atoms with van der Waals surface area (Å²) < 4.78 is 9.69. The number of hydrogen-bond donors (Lipinski definition) is 1. The Morgan fingerprint density at radius 3 is 2.81 bits per heavy atom. The summed E-state index contributed by atoms with van der Waals surface area (Å²) in [5.41, 5.74) is 1.00. The molecule has 1 aromatic heterocycles. The van der Waals surface area contributed by atoms with Crippen LogP contribution in [-0.2, 0) is 11.2 Å². The van der Waals surface area contributed by atoms with Crippen LogP contribution in [0.4, 0.5) is 0 Å². The number of aromatic nitrogens is 2. The van der Waals surface area contributed by atoms with Crippen molar-refractivity contribution in [2.75, 3.05) is 34.3 Å². The van der Waals surface area contributed by atoms with Crippen LogP contribution in [-0.4, -0.2) is 61.2 Å². The molecule has 1 N–H and O–H groups in total. The molecule has 0 radical (unpaired) electrons. The number of nitrogens with one attached hydrogen (secondary N) is 1. The van der Waals surface area contributed by atoms with Crippen LogP contribution in [0.3, 0.4) is 0 Å². The van der Waals surface area contributed by atoms with Gasteiger partial charge in [-0.05, 0) is 50.8 Å². The van der Waals surface area contributed by atoms with E-state index in [-0.39, 0.29) is 12.3 Å². The number of carbonyl (C=O) groups excluding carboxylic acids is 2. The largest absolute Gasteiger partial charge is 0.465 e. The van der Waals surface area contributed by atoms with Gasteiger partial charge in [0.05, 0.1) is 12.7 Å². The standard InChI is InChI=1S/C17H21ClN4O4/c1-22(2)8-4-7-19-15(23)16-20-14(21-26-16)10-12-9-11(17(24)25-3)5-6-13(12)18/h5-6,9H,4,7-8,10H2,1-3H3,(H,19,23). The first-order valence-electron chi connectivity index (χ1n) is 8.03. The number of rotatable bonds is 8. The molecule has 2 rings (SSSR count). The number of ether oxygens (including phenoxy) is 1. The summed E-state index contributed by atoms with van der Waals surface area (Å²) in [6, 6.07) is 4.77. The molecule has 0 bridgehead atoms. The lowest BCUT2D eigenvalue weighted by molar-refractivity contribution is 0.0600. The van der Waals surface area contributed by atoms with Crippen molar-refractivity contribution in [3.05, 3.63) is 46.1 Å². The number of esters is 1. The number of nitrogens with zero attached hydrogens (tertiary/aromatic N) is 3. The lowest BCUT2D eigenvalue weighted by Gasteiger charge is -2.08. The molecule has 2 aromatic rings. The summed E-state index contributed by atoms with van der Waals surface area (Å²) in [6.45, 7) is 1.38. The highest BCUT2D eigenvalue weighted by atomic mass is 35.5. The van der Waals surface area contributed by atoms with E-state index in [0.29, 0.717) is 28.5 Å². The second-order valence-corrected chi connectivity index (χ2v) is 6.31. The Kier molecular flexibility index (Phi) is 7.11. The normalized spacial score (nSPS) is 10.8. The van der Waals surface area contributed by atoms with E-state index in [2.05, 4.69) is 15.5 Å². The number of methoxy groups -OCH3 is 1. The third-order valence-electron chi connectivity index (χ3n) is 3.55. The van der Waals surface area contributed by atoms with Gasteiger partial charge in [-0.25, -0.2) is 4.79 Å². The Morgan fingerprint density at radius 1 is 1.35 bits per heavy atom. The predicted octanol–water partition coefficient (Wildman–Crippen LogP) is 1.78. The maximum atomic E-state index is 12.0. The van der Waals surface area contributed by atoms with Crippen molar-refractivity contribution in [1.82, 2.24) is 20.4 Å². The summed E-state index contributed by atoms with van der Waals surface area (Å²) in [4.78, 5) is 29.7. The fourth-order valence-electron chi connectivity index (χ4n) is 2.22. The van der Waals surface area contributed by atoms with Gasteiger partial charge in [0.1, 0.15) is 0 Å². The topological polar surface area (TPSA) is 97.6 Å². The van der Waals surface area contributed by atoms with Crippen LogP contribution >= 0.6 is 11.6 Å². The molecule has 26 heavy (non-hydrogen) atoms. The van der Waals surface area contributed by atoms with Crippen LogP contribution in [0.2, 0.25) is 5.02 Å².